The highest BCUT2D eigenvalue weighted by Gasteiger charge is 2.08. The van der Waals surface area contributed by atoms with Gasteiger partial charge in [0.2, 0.25) is 5.91 Å². The zero-order chi connectivity index (χ0) is 11.4. The first-order valence-corrected chi connectivity index (χ1v) is 4.78. The maximum absolute atomic E-state index is 12.9. The Kier molecular flexibility index (Phi) is 3.80. The van der Waals surface area contributed by atoms with Crippen LogP contribution >= 0.6 is 0 Å². The first kappa shape index (κ1) is 11.7. The molecule has 0 radical (unpaired) electrons. The summed E-state index contributed by atoms with van der Waals surface area (Å²) in [6.07, 6.45) is 0. The molecule has 0 heterocycles. The van der Waals surface area contributed by atoms with E-state index in [4.69, 9.17) is 5.73 Å². The summed E-state index contributed by atoms with van der Waals surface area (Å²) in [6, 6.07) is 4.17. The van der Waals surface area contributed by atoms with Gasteiger partial charge in [-0.2, -0.15) is 0 Å². The summed E-state index contributed by atoms with van der Waals surface area (Å²) in [5.74, 6) is -0.687. The highest BCUT2D eigenvalue weighted by molar-refractivity contribution is 5.79. The van der Waals surface area contributed by atoms with Crippen LogP contribution in [0.25, 0.3) is 0 Å². The molecule has 1 rings (SSSR count). The lowest BCUT2D eigenvalue weighted by Gasteiger charge is -2.11. The molecule has 0 fully saturated rings. The van der Waals surface area contributed by atoms with Crippen molar-refractivity contribution in [3.8, 4) is 0 Å². The molecule has 1 aromatic rings. The minimum absolute atomic E-state index is 0.274. The van der Waals surface area contributed by atoms with Gasteiger partial charge in [-0.15, -0.1) is 0 Å². The monoisotopic (exact) mass is 210 g/mol. The van der Waals surface area contributed by atoms with Crippen molar-refractivity contribution >= 4 is 5.91 Å². The second-order valence-corrected chi connectivity index (χ2v) is 3.58. The number of nitrogens with one attached hydrogen (secondary N) is 1. The molecular weight excluding hydrogens is 195 g/mol. The van der Waals surface area contributed by atoms with Crippen molar-refractivity contribution in [2.24, 2.45) is 5.73 Å². The Bertz CT molecular complexity index is 366. The third-order valence-corrected chi connectivity index (χ3v) is 2.34. The fraction of sp³-hybridized carbons (Fsp3) is 0.364. The molecule has 0 unspecified atom stereocenters. The second kappa shape index (κ2) is 4.89. The summed E-state index contributed by atoms with van der Waals surface area (Å²) < 4.78 is 12.9. The van der Waals surface area contributed by atoms with E-state index in [0.29, 0.717) is 6.54 Å². The number of carbonyl (C=O) groups is 1. The molecule has 1 atom stereocenters. The SMILES string of the molecule is Cc1ccc(F)cc1CN[C@@H](C)C(N)=O. The van der Waals surface area contributed by atoms with Crippen LogP contribution in [0.5, 0.6) is 0 Å². The fourth-order valence-electron chi connectivity index (χ4n) is 1.19. The topological polar surface area (TPSA) is 55.1 Å². The largest absolute Gasteiger partial charge is 0.368 e. The van der Waals surface area contributed by atoms with Gasteiger partial charge in [-0.05, 0) is 37.1 Å². The summed E-state index contributed by atoms with van der Waals surface area (Å²) in [6.45, 7) is 4.01. The number of halogens is 1. The minimum Gasteiger partial charge on any atom is -0.368 e. The Morgan fingerprint density at radius 3 is 2.87 bits per heavy atom. The molecule has 0 bridgehead atoms. The number of benzene rings is 1. The number of rotatable bonds is 4. The number of aryl methyl sites for hydroxylation is 1. The van der Waals surface area contributed by atoms with Gasteiger partial charge in [0.05, 0.1) is 6.04 Å². The normalized spacial score (nSPS) is 12.5. The van der Waals surface area contributed by atoms with Crippen molar-refractivity contribution in [1.29, 1.82) is 0 Å². The molecule has 0 aromatic heterocycles. The Labute approximate surface area is 88.5 Å². The molecular formula is C11H15FN2O. The lowest BCUT2D eigenvalue weighted by atomic mass is 10.1. The van der Waals surface area contributed by atoms with Crippen LogP contribution in [-0.2, 0) is 11.3 Å². The molecule has 0 aliphatic rings. The van der Waals surface area contributed by atoms with Crippen molar-refractivity contribution in [3.63, 3.8) is 0 Å². The molecule has 4 heteroatoms. The van der Waals surface area contributed by atoms with E-state index in [1.165, 1.54) is 12.1 Å². The number of hydrogen-bond donors (Lipinski definition) is 2. The number of amides is 1. The van der Waals surface area contributed by atoms with Crippen LogP contribution in [0, 0.1) is 12.7 Å². The fourth-order valence-corrected chi connectivity index (χ4v) is 1.19. The lowest BCUT2D eigenvalue weighted by molar-refractivity contribution is -0.119. The van der Waals surface area contributed by atoms with Crippen molar-refractivity contribution < 1.29 is 9.18 Å². The molecule has 15 heavy (non-hydrogen) atoms. The van der Waals surface area contributed by atoms with E-state index in [0.717, 1.165) is 11.1 Å². The summed E-state index contributed by atoms with van der Waals surface area (Å²) in [5.41, 5.74) is 6.92. The molecule has 1 amide bonds. The van der Waals surface area contributed by atoms with Crippen LogP contribution in [0.15, 0.2) is 18.2 Å². The third-order valence-electron chi connectivity index (χ3n) is 2.34. The van der Waals surface area contributed by atoms with Crippen LogP contribution < -0.4 is 11.1 Å². The highest BCUT2D eigenvalue weighted by Crippen LogP contribution is 2.09. The van der Waals surface area contributed by atoms with Gasteiger partial charge in [-0.3, -0.25) is 4.79 Å². The number of primary amides is 1. The molecule has 1 aromatic carbocycles. The average molecular weight is 210 g/mol. The Morgan fingerprint density at radius 1 is 1.60 bits per heavy atom. The second-order valence-electron chi connectivity index (χ2n) is 3.58. The predicted molar refractivity (Wildman–Crippen MR) is 56.6 cm³/mol. The van der Waals surface area contributed by atoms with Crippen molar-refractivity contribution in [3.05, 3.63) is 35.1 Å². The lowest BCUT2D eigenvalue weighted by Crippen LogP contribution is -2.38. The third kappa shape index (κ3) is 3.32. The highest BCUT2D eigenvalue weighted by atomic mass is 19.1. The first-order valence-electron chi connectivity index (χ1n) is 4.78. The van der Waals surface area contributed by atoms with Crippen molar-refractivity contribution in [2.75, 3.05) is 0 Å². The quantitative estimate of drug-likeness (QED) is 0.781. The van der Waals surface area contributed by atoms with E-state index in [1.54, 1.807) is 13.0 Å². The summed E-state index contributed by atoms with van der Waals surface area (Å²) in [7, 11) is 0. The van der Waals surface area contributed by atoms with Gasteiger partial charge < -0.3 is 11.1 Å². The van der Waals surface area contributed by atoms with E-state index in [9.17, 15) is 9.18 Å². The number of carbonyl (C=O) groups excluding carboxylic acids is 1. The van der Waals surface area contributed by atoms with Gasteiger partial charge in [0.25, 0.3) is 0 Å². The number of hydrogen-bond acceptors (Lipinski definition) is 2. The van der Waals surface area contributed by atoms with Crippen LogP contribution in [-0.4, -0.2) is 11.9 Å². The average Bonchev–Trinajstić information content (AvgIpc) is 2.18. The maximum atomic E-state index is 12.9. The van der Waals surface area contributed by atoms with Crippen LogP contribution in [0.1, 0.15) is 18.1 Å². The minimum atomic E-state index is -0.413. The summed E-state index contributed by atoms with van der Waals surface area (Å²) >= 11 is 0. The van der Waals surface area contributed by atoms with Gasteiger partial charge in [0, 0.05) is 6.54 Å². The first-order chi connectivity index (χ1) is 7.00. The predicted octanol–water partition coefficient (Wildman–Crippen LogP) is 1.10. The van der Waals surface area contributed by atoms with Crippen molar-refractivity contribution in [1.82, 2.24) is 5.32 Å². The van der Waals surface area contributed by atoms with E-state index >= 15 is 0 Å². The molecule has 0 spiro atoms. The van der Waals surface area contributed by atoms with E-state index < -0.39 is 11.9 Å². The van der Waals surface area contributed by atoms with E-state index in [1.807, 2.05) is 6.92 Å². The Morgan fingerprint density at radius 2 is 2.27 bits per heavy atom. The molecule has 3 nitrogen and oxygen atoms in total. The standard InChI is InChI=1S/C11H15FN2O/c1-7-3-4-10(12)5-9(7)6-14-8(2)11(13)15/h3-5,8,14H,6H2,1-2H3,(H2,13,15)/t8-/m0/s1. The van der Waals surface area contributed by atoms with Gasteiger partial charge >= 0.3 is 0 Å². The zero-order valence-corrected chi connectivity index (χ0v) is 8.88. The molecule has 0 aliphatic heterocycles. The molecule has 82 valence electrons. The molecule has 0 aliphatic carbocycles. The van der Waals surface area contributed by atoms with Crippen molar-refractivity contribution in [2.45, 2.75) is 26.4 Å². The molecule has 3 N–H and O–H groups in total. The Hall–Kier alpha value is -1.42. The maximum Gasteiger partial charge on any atom is 0.234 e. The van der Waals surface area contributed by atoms with Gasteiger partial charge in [0.1, 0.15) is 5.82 Å². The van der Waals surface area contributed by atoms with Crippen LogP contribution in [0.3, 0.4) is 0 Å². The van der Waals surface area contributed by atoms with Crippen LogP contribution in [0.4, 0.5) is 4.39 Å². The smallest absolute Gasteiger partial charge is 0.234 e. The zero-order valence-electron chi connectivity index (χ0n) is 8.88. The summed E-state index contributed by atoms with van der Waals surface area (Å²) in [4.78, 5) is 10.8. The summed E-state index contributed by atoms with van der Waals surface area (Å²) in [5, 5.41) is 2.93. The van der Waals surface area contributed by atoms with Gasteiger partial charge in [0.15, 0.2) is 0 Å². The van der Waals surface area contributed by atoms with Crippen LogP contribution in [0.2, 0.25) is 0 Å². The Balaban J connectivity index is 2.65. The van der Waals surface area contributed by atoms with Gasteiger partial charge in [-0.1, -0.05) is 6.07 Å². The van der Waals surface area contributed by atoms with E-state index in [-0.39, 0.29) is 5.82 Å². The van der Waals surface area contributed by atoms with E-state index in [2.05, 4.69) is 5.32 Å². The van der Waals surface area contributed by atoms with Gasteiger partial charge in [-0.25, -0.2) is 4.39 Å². The number of nitrogens with two attached hydrogens (primary N) is 1. The molecule has 0 saturated carbocycles. The molecule has 0 saturated heterocycles.